The molecule has 0 bridgehead atoms. The number of aromatic nitrogens is 1. The van der Waals surface area contributed by atoms with Gasteiger partial charge in [0.25, 0.3) is 0 Å². The lowest BCUT2D eigenvalue weighted by Crippen LogP contribution is -2.22. The van der Waals surface area contributed by atoms with Crippen LogP contribution in [0, 0.1) is 18.6 Å². The summed E-state index contributed by atoms with van der Waals surface area (Å²) in [5.74, 6) is -1.18. The Balaban J connectivity index is 1.94. The number of benzene rings is 1. The Morgan fingerprint density at radius 1 is 1.30 bits per heavy atom. The van der Waals surface area contributed by atoms with E-state index in [4.69, 9.17) is 0 Å². The molecule has 2 N–H and O–H groups in total. The summed E-state index contributed by atoms with van der Waals surface area (Å²) in [5, 5.41) is 12.9. The maximum Gasteiger partial charge on any atom is 0.129 e. The number of pyridine rings is 1. The van der Waals surface area contributed by atoms with Gasteiger partial charge in [0.15, 0.2) is 0 Å². The molecule has 0 fully saturated rings. The van der Waals surface area contributed by atoms with E-state index in [0.717, 1.165) is 29.5 Å². The fourth-order valence-electron chi connectivity index (χ4n) is 1.91. The van der Waals surface area contributed by atoms with Gasteiger partial charge in [-0.3, -0.25) is 4.98 Å². The Bertz CT molecular complexity index is 590. The maximum atomic E-state index is 13.5. The molecule has 1 heterocycles. The standard InChI is InChI=1S/C15H16F2N2O/c1-10-3-2-6-19-14(10)8-18-9-15(20)12-7-11(16)4-5-13(12)17/h2-7,15,18,20H,8-9H2,1H3. The molecule has 0 aliphatic carbocycles. The fraction of sp³-hybridized carbons (Fsp3) is 0.267. The van der Waals surface area contributed by atoms with E-state index in [9.17, 15) is 13.9 Å². The highest BCUT2D eigenvalue weighted by molar-refractivity contribution is 5.21. The van der Waals surface area contributed by atoms with Crippen LogP contribution in [0.1, 0.15) is 22.9 Å². The second-order valence-electron chi connectivity index (χ2n) is 4.58. The van der Waals surface area contributed by atoms with E-state index < -0.39 is 17.7 Å². The predicted molar refractivity (Wildman–Crippen MR) is 72.0 cm³/mol. The first-order chi connectivity index (χ1) is 9.58. The molecule has 1 aromatic carbocycles. The Labute approximate surface area is 116 Å². The molecule has 2 rings (SSSR count). The smallest absolute Gasteiger partial charge is 0.129 e. The minimum Gasteiger partial charge on any atom is -0.387 e. The van der Waals surface area contributed by atoms with E-state index in [1.54, 1.807) is 6.20 Å². The van der Waals surface area contributed by atoms with Crippen molar-refractivity contribution in [3.05, 3.63) is 65.0 Å². The zero-order valence-corrected chi connectivity index (χ0v) is 11.1. The maximum absolute atomic E-state index is 13.5. The van der Waals surface area contributed by atoms with Crippen LogP contribution in [-0.4, -0.2) is 16.6 Å². The van der Waals surface area contributed by atoms with Gasteiger partial charge < -0.3 is 10.4 Å². The zero-order chi connectivity index (χ0) is 14.5. The Morgan fingerprint density at radius 3 is 2.85 bits per heavy atom. The summed E-state index contributed by atoms with van der Waals surface area (Å²) in [7, 11) is 0. The van der Waals surface area contributed by atoms with Crippen LogP contribution in [-0.2, 0) is 6.54 Å². The molecule has 0 radical (unpaired) electrons. The van der Waals surface area contributed by atoms with Crippen LogP contribution in [0.2, 0.25) is 0 Å². The molecule has 2 aromatic rings. The van der Waals surface area contributed by atoms with Crippen molar-refractivity contribution in [2.75, 3.05) is 6.54 Å². The van der Waals surface area contributed by atoms with Crippen LogP contribution in [0.5, 0.6) is 0 Å². The monoisotopic (exact) mass is 278 g/mol. The first-order valence-corrected chi connectivity index (χ1v) is 6.32. The highest BCUT2D eigenvalue weighted by Gasteiger charge is 2.13. The number of hydrogen-bond acceptors (Lipinski definition) is 3. The molecule has 0 saturated carbocycles. The van der Waals surface area contributed by atoms with Gasteiger partial charge in [0.05, 0.1) is 11.8 Å². The van der Waals surface area contributed by atoms with Gasteiger partial charge in [-0.1, -0.05) is 6.07 Å². The SMILES string of the molecule is Cc1cccnc1CNCC(O)c1cc(F)ccc1F. The number of halogens is 2. The summed E-state index contributed by atoms with van der Waals surface area (Å²) >= 11 is 0. The van der Waals surface area contributed by atoms with Crippen molar-refractivity contribution in [1.82, 2.24) is 10.3 Å². The van der Waals surface area contributed by atoms with Crippen molar-refractivity contribution >= 4 is 0 Å². The molecule has 3 nitrogen and oxygen atoms in total. The average molecular weight is 278 g/mol. The zero-order valence-electron chi connectivity index (χ0n) is 11.1. The lowest BCUT2D eigenvalue weighted by Gasteiger charge is -2.13. The highest BCUT2D eigenvalue weighted by Crippen LogP contribution is 2.17. The molecule has 0 aliphatic heterocycles. The van der Waals surface area contributed by atoms with E-state index >= 15 is 0 Å². The summed E-state index contributed by atoms with van der Waals surface area (Å²) < 4.78 is 26.5. The molecule has 5 heteroatoms. The minimum atomic E-state index is -1.10. The van der Waals surface area contributed by atoms with Crippen LogP contribution in [0.15, 0.2) is 36.5 Å². The van der Waals surface area contributed by atoms with E-state index in [0.29, 0.717) is 6.54 Å². The van der Waals surface area contributed by atoms with Crippen molar-refractivity contribution in [1.29, 1.82) is 0 Å². The Morgan fingerprint density at radius 2 is 2.10 bits per heavy atom. The third-order valence-electron chi connectivity index (χ3n) is 3.07. The quantitative estimate of drug-likeness (QED) is 0.883. The molecule has 0 saturated heterocycles. The molecule has 20 heavy (non-hydrogen) atoms. The van der Waals surface area contributed by atoms with Gasteiger partial charge >= 0.3 is 0 Å². The minimum absolute atomic E-state index is 0.0461. The number of aliphatic hydroxyl groups excluding tert-OH is 1. The lowest BCUT2D eigenvalue weighted by atomic mass is 10.1. The van der Waals surface area contributed by atoms with Gasteiger partial charge in [-0.15, -0.1) is 0 Å². The lowest BCUT2D eigenvalue weighted by molar-refractivity contribution is 0.169. The molecular formula is C15H16F2N2O. The average Bonchev–Trinajstić information content (AvgIpc) is 2.43. The number of nitrogens with zero attached hydrogens (tertiary/aromatic N) is 1. The summed E-state index contributed by atoms with van der Waals surface area (Å²) in [4.78, 5) is 4.20. The molecule has 0 aliphatic rings. The van der Waals surface area contributed by atoms with E-state index in [-0.39, 0.29) is 12.1 Å². The topological polar surface area (TPSA) is 45.2 Å². The van der Waals surface area contributed by atoms with Gasteiger partial charge in [0, 0.05) is 24.8 Å². The van der Waals surface area contributed by atoms with Crippen molar-refractivity contribution in [3.8, 4) is 0 Å². The summed E-state index contributed by atoms with van der Waals surface area (Å²) in [6.07, 6.45) is 0.585. The van der Waals surface area contributed by atoms with Crippen LogP contribution < -0.4 is 5.32 Å². The summed E-state index contributed by atoms with van der Waals surface area (Å²) in [5.41, 5.74) is 1.85. The normalized spacial score (nSPS) is 12.4. The van der Waals surface area contributed by atoms with Crippen LogP contribution in [0.25, 0.3) is 0 Å². The third kappa shape index (κ3) is 3.59. The van der Waals surface area contributed by atoms with Crippen molar-refractivity contribution in [2.45, 2.75) is 19.6 Å². The van der Waals surface area contributed by atoms with Crippen molar-refractivity contribution in [2.24, 2.45) is 0 Å². The largest absolute Gasteiger partial charge is 0.387 e. The van der Waals surface area contributed by atoms with Crippen LogP contribution in [0.4, 0.5) is 8.78 Å². The molecule has 106 valence electrons. The number of aryl methyl sites for hydroxylation is 1. The number of rotatable bonds is 5. The summed E-state index contributed by atoms with van der Waals surface area (Å²) in [6.45, 7) is 2.52. The summed E-state index contributed by atoms with van der Waals surface area (Å²) in [6, 6.07) is 6.82. The van der Waals surface area contributed by atoms with Crippen LogP contribution >= 0.6 is 0 Å². The van der Waals surface area contributed by atoms with Crippen molar-refractivity contribution in [3.63, 3.8) is 0 Å². The van der Waals surface area contributed by atoms with E-state index in [1.807, 2.05) is 19.1 Å². The number of aliphatic hydroxyl groups is 1. The number of hydrogen-bond donors (Lipinski definition) is 2. The first kappa shape index (κ1) is 14.6. The van der Waals surface area contributed by atoms with E-state index in [2.05, 4.69) is 10.3 Å². The van der Waals surface area contributed by atoms with Crippen molar-refractivity contribution < 1.29 is 13.9 Å². The Hall–Kier alpha value is -1.85. The molecule has 1 atom stereocenters. The molecular weight excluding hydrogens is 262 g/mol. The molecule has 0 spiro atoms. The first-order valence-electron chi connectivity index (χ1n) is 6.32. The van der Waals surface area contributed by atoms with Gasteiger partial charge in [-0.25, -0.2) is 8.78 Å². The van der Waals surface area contributed by atoms with Gasteiger partial charge in [0.2, 0.25) is 0 Å². The van der Waals surface area contributed by atoms with E-state index in [1.165, 1.54) is 0 Å². The van der Waals surface area contributed by atoms with Gasteiger partial charge in [-0.2, -0.15) is 0 Å². The second kappa shape index (κ2) is 6.54. The highest BCUT2D eigenvalue weighted by atomic mass is 19.1. The number of nitrogens with one attached hydrogen (secondary N) is 1. The molecule has 1 unspecified atom stereocenters. The molecule has 1 aromatic heterocycles. The van der Waals surface area contributed by atoms with Gasteiger partial charge in [-0.05, 0) is 36.8 Å². The fourth-order valence-corrected chi connectivity index (χ4v) is 1.91. The third-order valence-corrected chi connectivity index (χ3v) is 3.07. The second-order valence-corrected chi connectivity index (χ2v) is 4.58. The van der Waals surface area contributed by atoms with Gasteiger partial charge in [0.1, 0.15) is 11.6 Å². The molecule has 0 amide bonds. The predicted octanol–water partition coefficient (Wildman–Crippen LogP) is 2.49. The Kier molecular flexibility index (Phi) is 4.76. The van der Waals surface area contributed by atoms with Crippen LogP contribution in [0.3, 0.4) is 0 Å².